The van der Waals surface area contributed by atoms with Crippen molar-refractivity contribution in [2.45, 2.75) is 20.4 Å². The summed E-state index contributed by atoms with van der Waals surface area (Å²) in [5.41, 5.74) is 0.410. The van der Waals surface area contributed by atoms with Gasteiger partial charge in [0, 0.05) is 10.6 Å². The standard InChI is InChI=1S/C13H15ClN6OS/c1-8(2)7-20-18-12(17-19-20)16-13(22)15-11(21)9-4-3-5-10(14)6-9/h3-6,8H,7H2,1-2H3,(H2,15,16,18,21,22). The largest absolute Gasteiger partial charge is 0.299 e. The summed E-state index contributed by atoms with van der Waals surface area (Å²) in [5.74, 6) is 0.267. The fourth-order valence-electron chi connectivity index (χ4n) is 1.64. The zero-order valence-electron chi connectivity index (χ0n) is 12.1. The zero-order valence-corrected chi connectivity index (χ0v) is 13.6. The van der Waals surface area contributed by atoms with E-state index in [9.17, 15) is 4.79 Å². The van der Waals surface area contributed by atoms with Crippen molar-refractivity contribution in [3.8, 4) is 0 Å². The molecule has 1 heterocycles. The van der Waals surface area contributed by atoms with Crippen LogP contribution < -0.4 is 10.6 Å². The number of tetrazole rings is 1. The number of halogens is 1. The van der Waals surface area contributed by atoms with Gasteiger partial charge in [0.2, 0.25) is 0 Å². The number of benzene rings is 1. The quantitative estimate of drug-likeness (QED) is 0.830. The molecule has 2 rings (SSSR count). The van der Waals surface area contributed by atoms with Crippen molar-refractivity contribution in [1.29, 1.82) is 0 Å². The molecule has 7 nitrogen and oxygen atoms in total. The lowest BCUT2D eigenvalue weighted by Crippen LogP contribution is -2.34. The molecule has 0 aliphatic rings. The van der Waals surface area contributed by atoms with Crippen molar-refractivity contribution >= 4 is 40.8 Å². The van der Waals surface area contributed by atoms with Gasteiger partial charge < -0.3 is 0 Å². The van der Waals surface area contributed by atoms with E-state index in [1.54, 1.807) is 24.3 Å². The Morgan fingerprint density at radius 2 is 2.23 bits per heavy atom. The minimum absolute atomic E-state index is 0.0917. The van der Waals surface area contributed by atoms with Crippen LogP contribution >= 0.6 is 23.8 Å². The first kappa shape index (κ1) is 16.3. The highest BCUT2D eigenvalue weighted by Crippen LogP contribution is 2.10. The van der Waals surface area contributed by atoms with Gasteiger partial charge in [-0.3, -0.25) is 15.4 Å². The van der Waals surface area contributed by atoms with E-state index in [1.165, 1.54) is 4.80 Å². The number of nitrogens with one attached hydrogen (secondary N) is 2. The monoisotopic (exact) mass is 338 g/mol. The molecule has 0 spiro atoms. The number of thiocarbonyl (C=S) groups is 1. The topological polar surface area (TPSA) is 84.7 Å². The Labute approximate surface area is 138 Å². The van der Waals surface area contributed by atoms with Crippen molar-refractivity contribution in [2.75, 3.05) is 5.32 Å². The molecule has 0 unspecified atom stereocenters. The normalized spacial score (nSPS) is 10.5. The Bertz CT molecular complexity index is 687. The van der Waals surface area contributed by atoms with Crippen molar-refractivity contribution < 1.29 is 4.79 Å². The number of hydrogen-bond acceptors (Lipinski definition) is 5. The van der Waals surface area contributed by atoms with Gasteiger partial charge >= 0.3 is 0 Å². The van der Waals surface area contributed by atoms with E-state index in [0.717, 1.165) is 0 Å². The lowest BCUT2D eigenvalue weighted by atomic mass is 10.2. The van der Waals surface area contributed by atoms with Gasteiger partial charge in [-0.05, 0) is 41.5 Å². The molecule has 1 aromatic heterocycles. The van der Waals surface area contributed by atoms with Gasteiger partial charge in [0.05, 0.1) is 6.54 Å². The number of anilines is 1. The fraction of sp³-hybridized carbons (Fsp3) is 0.308. The predicted octanol–water partition coefficient (Wildman–Crippen LogP) is 2.11. The lowest BCUT2D eigenvalue weighted by molar-refractivity contribution is 0.0977. The van der Waals surface area contributed by atoms with Crippen molar-refractivity contribution in [2.24, 2.45) is 5.92 Å². The van der Waals surface area contributed by atoms with Crippen LogP contribution in [0.25, 0.3) is 0 Å². The third-order valence-electron chi connectivity index (χ3n) is 2.52. The SMILES string of the molecule is CC(C)Cn1nnc(NC(=S)NC(=O)c2cccc(Cl)c2)n1. The van der Waals surface area contributed by atoms with Gasteiger partial charge in [0.1, 0.15) is 0 Å². The van der Waals surface area contributed by atoms with E-state index in [0.29, 0.717) is 23.0 Å². The number of hydrogen-bond donors (Lipinski definition) is 2. The summed E-state index contributed by atoms with van der Waals surface area (Å²) in [4.78, 5) is 13.5. The first-order valence-corrected chi connectivity index (χ1v) is 7.38. The summed E-state index contributed by atoms with van der Waals surface area (Å²) in [7, 11) is 0. The average molecular weight is 339 g/mol. The van der Waals surface area contributed by atoms with Crippen LogP contribution in [0.15, 0.2) is 24.3 Å². The lowest BCUT2D eigenvalue weighted by Gasteiger charge is -2.06. The van der Waals surface area contributed by atoms with Crippen LogP contribution in [-0.2, 0) is 6.54 Å². The molecule has 2 aromatic rings. The first-order chi connectivity index (χ1) is 10.4. The van der Waals surface area contributed by atoms with Gasteiger partial charge in [0.25, 0.3) is 11.9 Å². The molecule has 0 radical (unpaired) electrons. The Morgan fingerprint density at radius 3 is 2.91 bits per heavy atom. The number of nitrogens with zero attached hydrogens (tertiary/aromatic N) is 4. The van der Waals surface area contributed by atoms with Gasteiger partial charge in [-0.15, -0.1) is 5.10 Å². The Morgan fingerprint density at radius 1 is 1.45 bits per heavy atom. The third kappa shape index (κ3) is 4.74. The molecular formula is C13H15ClN6OS. The molecule has 0 aliphatic carbocycles. The minimum atomic E-state index is -0.366. The average Bonchev–Trinajstić information content (AvgIpc) is 2.84. The molecule has 9 heteroatoms. The molecule has 116 valence electrons. The highest BCUT2D eigenvalue weighted by Gasteiger charge is 2.10. The van der Waals surface area contributed by atoms with Gasteiger partial charge in [-0.2, -0.15) is 4.80 Å². The first-order valence-electron chi connectivity index (χ1n) is 6.59. The Hall–Kier alpha value is -2.06. The Kier molecular flexibility index (Phi) is 5.40. The van der Waals surface area contributed by atoms with Crippen LogP contribution in [0.1, 0.15) is 24.2 Å². The summed E-state index contributed by atoms with van der Waals surface area (Å²) in [6, 6.07) is 6.57. The number of carbonyl (C=O) groups excluding carboxylic acids is 1. The second-order valence-corrected chi connectivity index (χ2v) is 5.83. The second kappa shape index (κ2) is 7.28. The van der Waals surface area contributed by atoms with Crippen LogP contribution in [0.5, 0.6) is 0 Å². The molecule has 0 atom stereocenters. The smallest absolute Gasteiger partial charge is 0.269 e. The van der Waals surface area contributed by atoms with Crippen LogP contribution in [0.2, 0.25) is 5.02 Å². The molecule has 1 amide bonds. The summed E-state index contributed by atoms with van der Waals surface area (Å²) >= 11 is 10.9. The number of rotatable bonds is 4. The predicted molar refractivity (Wildman–Crippen MR) is 87.8 cm³/mol. The maximum Gasteiger partial charge on any atom is 0.269 e. The zero-order chi connectivity index (χ0) is 16.1. The van der Waals surface area contributed by atoms with Crippen LogP contribution in [0.4, 0.5) is 5.95 Å². The summed E-state index contributed by atoms with van der Waals surface area (Å²) in [5, 5.41) is 17.6. The molecule has 22 heavy (non-hydrogen) atoms. The van der Waals surface area contributed by atoms with E-state index in [4.69, 9.17) is 23.8 Å². The fourth-order valence-corrected chi connectivity index (χ4v) is 2.01. The summed E-state index contributed by atoms with van der Waals surface area (Å²) in [6.45, 7) is 4.74. The molecular weight excluding hydrogens is 324 g/mol. The van der Waals surface area contributed by atoms with E-state index in [2.05, 4.69) is 26.0 Å². The number of aromatic nitrogens is 4. The maximum absolute atomic E-state index is 12.0. The van der Waals surface area contributed by atoms with Crippen LogP contribution in [0, 0.1) is 5.92 Å². The van der Waals surface area contributed by atoms with Crippen molar-refractivity contribution in [3.63, 3.8) is 0 Å². The van der Waals surface area contributed by atoms with E-state index < -0.39 is 0 Å². The summed E-state index contributed by atoms with van der Waals surface area (Å²) in [6.07, 6.45) is 0. The highest BCUT2D eigenvalue weighted by atomic mass is 35.5. The second-order valence-electron chi connectivity index (χ2n) is 4.98. The summed E-state index contributed by atoms with van der Waals surface area (Å²) < 4.78 is 0. The molecule has 2 N–H and O–H groups in total. The number of amides is 1. The van der Waals surface area contributed by atoms with Crippen LogP contribution in [-0.4, -0.2) is 31.2 Å². The number of carbonyl (C=O) groups is 1. The van der Waals surface area contributed by atoms with Crippen LogP contribution in [0.3, 0.4) is 0 Å². The molecule has 1 aromatic carbocycles. The molecule has 0 fully saturated rings. The van der Waals surface area contributed by atoms with E-state index >= 15 is 0 Å². The molecule has 0 saturated heterocycles. The molecule has 0 saturated carbocycles. The third-order valence-corrected chi connectivity index (χ3v) is 2.96. The van der Waals surface area contributed by atoms with Gasteiger partial charge in [-0.25, -0.2) is 0 Å². The van der Waals surface area contributed by atoms with Crippen molar-refractivity contribution in [3.05, 3.63) is 34.9 Å². The molecule has 0 bridgehead atoms. The minimum Gasteiger partial charge on any atom is -0.299 e. The Balaban J connectivity index is 1.92. The molecule has 0 aliphatic heterocycles. The maximum atomic E-state index is 12.0. The van der Waals surface area contributed by atoms with E-state index in [1.807, 2.05) is 13.8 Å². The van der Waals surface area contributed by atoms with Gasteiger partial charge in [-0.1, -0.05) is 36.6 Å². The van der Waals surface area contributed by atoms with Crippen molar-refractivity contribution in [1.82, 2.24) is 25.5 Å². The van der Waals surface area contributed by atoms with Gasteiger partial charge in [0.15, 0.2) is 5.11 Å². The van der Waals surface area contributed by atoms with E-state index in [-0.39, 0.29) is 17.0 Å². The highest BCUT2D eigenvalue weighted by molar-refractivity contribution is 7.80.